The molecule has 0 spiro atoms. The highest BCUT2D eigenvalue weighted by Gasteiger charge is 2.24. The summed E-state index contributed by atoms with van der Waals surface area (Å²) < 4.78 is 0. The average Bonchev–Trinajstić information content (AvgIpc) is 2.16. The van der Waals surface area contributed by atoms with Crippen LogP contribution in [0.4, 0.5) is 5.69 Å². The summed E-state index contributed by atoms with van der Waals surface area (Å²) in [5.74, 6) is 0.874. The number of thiocarbonyl (C=S) groups is 1. The van der Waals surface area contributed by atoms with Crippen molar-refractivity contribution in [3.8, 4) is 0 Å². The third kappa shape index (κ3) is 2.48. The van der Waals surface area contributed by atoms with Crippen molar-refractivity contribution in [3.05, 3.63) is 29.8 Å². The van der Waals surface area contributed by atoms with E-state index in [2.05, 4.69) is 12.2 Å². The van der Waals surface area contributed by atoms with Crippen LogP contribution in [-0.2, 0) is 0 Å². The lowest BCUT2D eigenvalue weighted by Gasteiger charge is -2.34. The van der Waals surface area contributed by atoms with Gasteiger partial charge in [-0.2, -0.15) is 0 Å². The Balaban J connectivity index is 1.95. The minimum atomic E-state index is 0.457. The first-order valence-electron chi connectivity index (χ1n) is 5.31. The Morgan fingerprint density at radius 3 is 2.40 bits per heavy atom. The van der Waals surface area contributed by atoms with Crippen molar-refractivity contribution in [2.24, 2.45) is 11.7 Å². The summed E-state index contributed by atoms with van der Waals surface area (Å²) in [4.78, 5) is 0.457. The molecule has 1 saturated carbocycles. The van der Waals surface area contributed by atoms with Crippen LogP contribution in [0.3, 0.4) is 0 Å². The van der Waals surface area contributed by atoms with E-state index < -0.39 is 0 Å². The van der Waals surface area contributed by atoms with E-state index in [0.717, 1.165) is 17.2 Å². The van der Waals surface area contributed by atoms with Crippen LogP contribution in [0.15, 0.2) is 24.3 Å². The average molecular weight is 220 g/mol. The molecule has 0 unspecified atom stereocenters. The van der Waals surface area contributed by atoms with Gasteiger partial charge in [-0.05, 0) is 43.0 Å². The van der Waals surface area contributed by atoms with Crippen LogP contribution in [-0.4, -0.2) is 11.0 Å². The van der Waals surface area contributed by atoms with Gasteiger partial charge in [0.25, 0.3) is 0 Å². The fourth-order valence-electron chi connectivity index (χ4n) is 1.99. The Hall–Kier alpha value is -1.09. The van der Waals surface area contributed by atoms with Crippen molar-refractivity contribution < 1.29 is 0 Å². The standard InChI is InChI=1S/C12H16N2S/c1-8-6-11(7-8)14-10-4-2-9(3-5-10)12(13)15/h2-5,8,11,14H,6-7H2,1H3,(H2,13,15). The molecule has 1 aliphatic rings. The quantitative estimate of drug-likeness (QED) is 0.769. The SMILES string of the molecule is CC1CC(Nc2ccc(C(N)=S)cc2)C1. The smallest absolute Gasteiger partial charge is 0.103 e. The first-order chi connectivity index (χ1) is 7.15. The zero-order chi connectivity index (χ0) is 10.8. The lowest BCUT2D eigenvalue weighted by molar-refractivity contribution is 0.309. The van der Waals surface area contributed by atoms with Crippen LogP contribution < -0.4 is 11.1 Å². The van der Waals surface area contributed by atoms with Crippen molar-refractivity contribution in [1.29, 1.82) is 0 Å². The van der Waals surface area contributed by atoms with Gasteiger partial charge in [0, 0.05) is 17.3 Å². The van der Waals surface area contributed by atoms with Gasteiger partial charge in [-0.15, -0.1) is 0 Å². The first-order valence-corrected chi connectivity index (χ1v) is 5.72. The maximum Gasteiger partial charge on any atom is 0.103 e. The fourth-order valence-corrected chi connectivity index (χ4v) is 2.12. The molecule has 3 heteroatoms. The molecular formula is C12H16N2S. The molecule has 1 aliphatic carbocycles. The van der Waals surface area contributed by atoms with Crippen LogP contribution in [0.1, 0.15) is 25.3 Å². The Morgan fingerprint density at radius 1 is 1.33 bits per heavy atom. The highest BCUT2D eigenvalue weighted by molar-refractivity contribution is 7.80. The Bertz CT molecular complexity index is 352. The second-order valence-corrected chi connectivity index (χ2v) is 4.80. The van der Waals surface area contributed by atoms with Gasteiger partial charge < -0.3 is 11.1 Å². The maximum absolute atomic E-state index is 5.53. The highest BCUT2D eigenvalue weighted by Crippen LogP contribution is 2.29. The number of rotatable bonds is 3. The second-order valence-electron chi connectivity index (χ2n) is 4.36. The molecule has 2 rings (SSSR count). The third-order valence-electron chi connectivity index (χ3n) is 2.91. The lowest BCUT2D eigenvalue weighted by Crippen LogP contribution is -2.33. The minimum Gasteiger partial charge on any atom is -0.389 e. The number of hydrogen-bond donors (Lipinski definition) is 2. The molecule has 2 nitrogen and oxygen atoms in total. The molecule has 80 valence electrons. The Labute approximate surface area is 95.9 Å². The van der Waals surface area contributed by atoms with E-state index in [4.69, 9.17) is 18.0 Å². The van der Waals surface area contributed by atoms with E-state index in [0.29, 0.717) is 11.0 Å². The molecule has 0 amide bonds. The molecule has 1 fully saturated rings. The Morgan fingerprint density at radius 2 is 1.93 bits per heavy atom. The molecule has 0 saturated heterocycles. The van der Waals surface area contributed by atoms with E-state index in [1.807, 2.05) is 24.3 Å². The summed E-state index contributed by atoms with van der Waals surface area (Å²) in [5, 5.41) is 3.49. The van der Waals surface area contributed by atoms with Crippen molar-refractivity contribution in [1.82, 2.24) is 0 Å². The molecular weight excluding hydrogens is 204 g/mol. The molecule has 1 aromatic carbocycles. The number of hydrogen-bond acceptors (Lipinski definition) is 2. The summed E-state index contributed by atoms with van der Waals surface area (Å²) in [7, 11) is 0. The second kappa shape index (κ2) is 4.19. The predicted octanol–water partition coefficient (Wildman–Crippen LogP) is 2.53. The summed E-state index contributed by atoms with van der Waals surface area (Å²) in [6.45, 7) is 2.29. The maximum atomic E-state index is 5.53. The number of nitrogens with two attached hydrogens (primary N) is 1. The molecule has 15 heavy (non-hydrogen) atoms. The zero-order valence-electron chi connectivity index (χ0n) is 8.86. The van der Waals surface area contributed by atoms with Crippen LogP contribution in [0.5, 0.6) is 0 Å². The fraction of sp³-hybridized carbons (Fsp3) is 0.417. The van der Waals surface area contributed by atoms with Crippen molar-refractivity contribution in [2.75, 3.05) is 5.32 Å². The van der Waals surface area contributed by atoms with Gasteiger partial charge in [0.05, 0.1) is 0 Å². The largest absolute Gasteiger partial charge is 0.389 e. The normalized spacial score (nSPS) is 24.3. The van der Waals surface area contributed by atoms with E-state index in [1.54, 1.807) is 0 Å². The summed E-state index contributed by atoms with van der Waals surface area (Å²) >= 11 is 4.90. The molecule has 1 aromatic rings. The molecule has 0 aromatic heterocycles. The monoisotopic (exact) mass is 220 g/mol. The van der Waals surface area contributed by atoms with E-state index >= 15 is 0 Å². The number of benzene rings is 1. The van der Waals surface area contributed by atoms with Gasteiger partial charge in [-0.25, -0.2) is 0 Å². The molecule has 0 bridgehead atoms. The highest BCUT2D eigenvalue weighted by atomic mass is 32.1. The zero-order valence-corrected chi connectivity index (χ0v) is 9.68. The van der Waals surface area contributed by atoms with Crippen molar-refractivity contribution in [2.45, 2.75) is 25.8 Å². The number of nitrogens with one attached hydrogen (secondary N) is 1. The number of anilines is 1. The summed E-state index contributed by atoms with van der Waals surface area (Å²) in [6, 6.07) is 8.66. The van der Waals surface area contributed by atoms with Gasteiger partial charge in [-0.3, -0.25) is 0 Å². The van der Waals surface area contributed by atoms with Crippen LogP contribution in [0.25, 0.3) is 0 Å². The van der Waals surface area contributed by atoms with Crippen LogP contribution >= 0.6 is 12.2 Å². The van der Waals surface area contributed by atoms with Crippen molar-refractivity contribution in [3.63, 3.8) is 0 Å². The lowest BCUT2D eigenvalue weighted by atomic mass is 9.82. The van der Waals surface area contributed by atoms with Gasteiger partial charge in [0.1, 0.15) is 4.99 Å². The molecule has 0 heterocycles. The molecule has 0 aliphatic heterocycles. The van der Waals surface area contributed by atoms with Crippen LogP contribution in [0, 0.1) is 5.92 Å². The minimum absolute atomic E-state index is 0.457. The summed E-state index contributed by atoms with van der Waals surface area (Å²) in [5.41, 5.74) is 7.62. The van der Waals surface area contributed by atoms with E-state index in [1.165, 1.54) is 12.8 Å². The first kappa shape index (κ1) is 10.4. The van der Waals surface area contributed by atoms with Gasteiger partial charge in [0.2, 0.25) is 0 Å². The molecule has 3 N–H and O–H groups in total. The molecule has 0 atom stereocenters. The predicted molar refractivity (Wildman–Crippen MR) is 68.1 cm³/mol. The summed E-state index contributed by atoms with van der Waals surface area (Å²) in [6.07, 6.45) is 2.55. The third-order valence-corrected chi connectivity index (χ3v) is 3.15. The van der Waals surface area contributed by atoms with E-state index in [9.17, 15) is 0 Å². The van der Waals surface area contributed by atoms with Crippen molar-refractivity contribution >= 4 is 22.9 Å². The van der Waals surface area contributed by atoms with Gasteiger partial charge in [-0.1, -0.05) is 19.1 Å². The van der Waals surface area contributed by atoms with Gasteiger partial charge >= 0.3 is 0 Å². The Kier molecular flexibility index (Phi) is 2.91. The molecule has 0 radical (unpaired) electrons. The van der Waals surface area contributed by atoms with E-state index in [-0.39, 0.29) is 0 Å². The van der Waals surface area contributed by atoms with Gasteiger partial charge in [0.15, 0.2) is 0 Å². The topological polar surface area (TPSA) is 38.0 Å². The van der Waals surface area contributed by atoms with Crippen LogP contribution in [0.2, 0.25) is 0 Å².